The van der Waals surface area contributed by atoms with E-state index in [0.717, 1.165) is 37.1 Å². The minimum absolute atomic E-state index is 0.0280. The maximum atomic E-state index is 12.6. The lowest BCUT2D eigenvalue weighted by atomic mass is 9.87. The minimum Gasteiger partial charge on any atom is -0.376 e. The van der Waals surface area contributed by atoms with Crippen molar-refractivity contribution in [2.75, 3.05) is 11.9 Å². The number of nitrogens with zero attached hydrogens (tertiary/aromatic N) is 1. The molecule has 6 heteroatoms. The van der Waals surface area contributed by atoms with Crippen molar-refractivity contribution in [1.29, 1.82) is 0 Å². The predicted molar refractivity (Wildman–Crippen MR) is 116 cm³/mol. The molecule has 1 saturated carbocycles. The van der Waals surface area contributed by atoms with Crippen molar-refractivity contribution in [3.05, 3.63) is 58.9 Å². The summed E-state index contributed by atoms with van der Waals surface area (Å²) >= 11 is 0. The van der Waals surface area contributed by atoms with Crippen LogP contribution in [0.1, 0.15) is 32.6 Å². The summed E-state index contributed by atoms with van der Waals surface area (Å²) in [5.41, 5.74) is 2.91. The van der Waals surface area contributed by atoms with Gasteiger partial charge in [-0.05, 0) is 49.8 Å². The fourth-order valence-electron chi connectivity index (χ4n) is 3.91. The Morgan fingerprint density at radius 2 is 1.79 bits per heavy atom. The molecule has 0 unspecified atom stereocenters. The SMILES string of the molecule is CC1CCC(NC(=O)CNc2ccccc2-c2nc3ccccc3[nH]c2=O)CC1. The van der Waals surface area contributed by atoms with Crippen LogP contribution in [0, 0.1) is 5.92 Å². The van der Waals surface area contributed by atoms with Crippen LogP contribution in [0.3, 0.4) is 0 Å². The molecule has 0 aliphatic heterocycles. The molecule has 29 heavy (non-hydrogen) atoms. The van der Waals surface area contributed by atoms with Gasteiger partial charge in [-0.2, -0.15) is 0 Å². The van der Waals surface area contributed by atoms with Crippen LogP contribution in [0.25, 0.3) is 22.3 Å². The van der Waals surface area contributed by atoms with Gasteiger partial charge in [0.05, 0.1) is 17.6 Å². The van der Waals surface area contributed by atoms with Gasteiger partial charge in [-0.3, -0.25) is 9.59 Å². The monoisotopic (exact) mass is 390 g/mol. The first-order chi connectivity index (χ1) is 14.1. The van der Waals surface area contributed by atoms with Crippen LogP contribution >= 0.6 is 0 Å². The van der Waals surface area contributed by atoms with E-state index in [9.17, 15) is 9.59 Å². The first-order valence-electron chi connectivity index (χ1n) is 10.2. The fourth-order valence-corrected chi connectivity index (χ4v) is 3.91. The highest BCUT2D eigenvalue weighted by Gasteiger charge is 2.20. The first kappa shape index (κ1) is 19.2. The van der Waals surface area contributed by atoms with Gasteiger partial charge in [0.2, 0.25) is 5.91 Å². The molecule has 0 bridgehead atoms. The number of aromatic amines is 1. The molecule has 2 aromatic carbocycles. The lowest BCUT2D eigenvalue weighted by Crippen LogP contribution is -2.40. The number of carbonyl (C=O) groups excluding carboxylic acids is 1. The second-order valence-electron chi connectivity index (χ2n) is 7.86. The molecule has 1 fully saturated rings. The van der Waals surface area contributed by atoms with Gasteiger partial charge < -0.3 is 15.6 Å². The van der Waals surface area contributed by atoms with Crippen LogP contribution in [0.2, 0.25) is 0 Å². The average Bonchev–Trinajstić information content (AvgIpc) is 2.74. The topological polar surface area (TPSA) is 86.9 Å². The number of nitrogens with one attached hydrogen (secondary N) is 3. The van der Waals surface area contributed by atoms with Crippen LogP contribution in [-0.2, 0) is 4.79 Å². The molecule has 1 amide bonds. The van der Waals surface area contributed by atoms with Gasteiger partial charge in [-0.15, -0.1) is 0 Å². The molecule has 6 nitrogen and oxygen atoms in total. The highest BCUT2D eigenvalue weighted by atomic mass is 16.2. The van der Waals surface area contributed by atoms with Crippen molar-refractivity contribution < 1.29 is 4.79 Å². The van der Waals surface area contributed by atoms with E-state index in [2.05, 4.69) is 27.5 Å². The summed E-state index contributed by atoms with van der Waals surface area (Å²) in [5.74, 6) is 0.723. The molecule has 0 radical (unpaired) electrons. The van der Waals surface area contributed by atoms with E-state index in [4.69, 9.17) is 0 Å². The fraction of sp³-hybridized carbons (Fsp3) is 0.348. The van der Waals surface area contributed by atoms with E-state index < -0.39 is 0 Å². The second kappa shape index (κ2) is 8.47. The molecule has 3 aromatic rings. The van der Waals surface area contributed by atoms with Crippen LogP contribution in [0.5, 0.6) is 0 Å². The Bertz CT molecular complexity index is 1070. The Balaban J connectivity index is 1.50. The molecule has 1 aliphatic rings. The largest absolute Gasteiger partial charge is 0.376 e. The molecule has 0 spiro atoms. The number of hydrogen-bond donors (Lipinski definition) is 3. The normalized spacial score (nSPS) is 19.1. The molecule has 0 atom stereocenters. The number of hydrogen-bond acceptors (Lipinski definition) is 4. The maximum absolute atomic E-state index is 12.6. The molecule has 150 valence electrons. The number of H-pyrrole nitrogens is 1. The Hall–Kier alpha value is -3.15. The summed E-state index contributed by atoms with van der Waals surface area (Å²) in [5, 5.41) is 6.30. The van der Waals surface area contributed by atoms with Crippen molar-refractivity contribution in [3.63, 3.8) is 0 Å². The minimum atomic E-state index is -0.251. The number of amides is 1. The third-order valence-corrected chi connectivity index (χ3v) is 5.60. The van der Waals surface area contributed by atoms with E-state index in [0.29, 0.717) is 22.5 Å². The molecule has 1 heterocycles. The lowest BCUT2D eigenvalue weighted by molar-refractivity contribution is -0.120. The Morgan fingerprint density at radius 3 is 2.62 bits per heavy atom. The van der Waals surface area contributed by atoms with Gasteiger partial charge in [-0.1, -0.05) is 37.3 Å². The number of carbonyl (C=O) groups is 1. The number of para-hydroxylation sites is 3. The smallest absolute Gasteiger partial charge is 0.275 e. The van der Waals surface area contributed by atoms with Gasteiger partial charge >= 0.3 is 0 Å². The van der Waals surface area contributed by atoms with E-state index in [1.807, 2.05) is 48.5 Å². The first-order valence-corrected chi connectivity index (χ1v) is 10.2. The number of benzene rings is 2. The second-order valence-corrected chi connectivity index (χ2v) is 7.86. The quantitative estimate of drug-likeness (QED) is 0.620. The molecular weight excluding hydrogens is 364 g/mol. The summed E-state index contributed by atoms with van der Waals surface area (Å²) in [4.78, 5) is 32.4. The average molecular weight is 390 g/mol. The van der Waals surface area contributed by atoms with Crippen LogP contribution in [0.15, 0.2) is 53.3 Å². The van der Waals surface area contributed by atoms with Gasteiger partial charge in [0, 0.05) is 17.3 Å². The predicted octanol–water partition coefficient (Wildman–Crippen LogP) is 3.70. The van der Waals surface area contributed by atoms with Crippen molar-refractivity contribution in [2.24, 2.45) is 5.92 Å². The highest BCUT2D eigenvalue weighted by molar-refractivity contribution is 5.85. The van der Waals surface area contributed by atoms with Crippen molar-refractivity contribution >= 4 is 22.6 Å². The van der Waals surface area contributed by atoms with Gasteiger partial charge in [0.1, 0.15) is 5.69 Å². The molecule has 3 N–H and O–H groups in total. The van der Waals surface area contributed by atoms with Crippen LogP contribution in [-0.4, -0.2) is 28.5 Å². The number of fused-ring (bicyclic) bond motifs is 1. The Morgan fingerprint density at radius 1 is 1.07 bits per heavy atom. The van der Waals surface area contributed by atoms with Crippen molar-refractivity contribution in [2.45, 2.75) is 38.6 Å². The summed E-state index contributed by atoms with van der Waals surface area (Å²) in [6.45, 7) is 2.42. The zero-order chi connectivity index (χ0) is 20.2. The third-order valence-electron chi connectivity index (χ3n) is 5.60. The van der Waals surface area contributed by atoms with Gasteiger partial charge in [0.25, 0.3) is 5.56 Å². The standard InChI is InChI=1S/C23H26N4O2/c1-15-10-12-16(13-11-15)25-21(28)14-24-18-7-3-2-6-17(18)22-23(29)27-20-9-5-4-8-19(20)26-22/h2-9,15-16,24H,10-14H2,1H3,(H,25,28)(H,27,29). The summed E-state index contributed by atoms with van der Waals surface area (Å²) in [6.07, 6.45) is 4.41. The number of anilines is 1. The molecule has 1 aliphatic carbocycles. The van der Waals surface area contributed by atoms with E-state index in [1.165, 1.54) is 0 Å². The van der Waals surface area contributed by atoms with E-state index in [1.54, 1.807) is 0 Å². The zero-order valence-electron chi connectivity index (χ0n) is 16.6. The maximum Gasteiger partial charge on any atom is 0.275 e. The number of rotatable bonds is 5. The number of aromatic nitrogens is 2. The Kier molecular flexibility index (Phi) is 5.60. The van der Waals surface area contributed by atoms with Gasteiger partial charge in [0.15, 0.2) is 0 Å². The molecular formula is C23H26N4O2. The van der Waals surface area contributed by atoms with E-state index in [-0.39, 0.29) is 24.1 Å². The summed E-state index contributed by atoms with van der Waals surface area (Å²) < 4.78 is 0. The molecule has 1 aromatic heterocycles. The highest BCUT2D eigenvalue weighted by Crippen LogP contribution is 2.25. The summed E-state index contributed by atoms with van der Waals surface area (Å²) in [7, 11) is 0. The van der Waals surface area contributed by atoms with E-state index >= 15 is 0 Å². The van der Waals surface area contributed by atoms with Crippen LogP contribution in [0.4, 0.5) is 5.69 Å². The van der Waals surface area contributed by atoms with Crippen LogP contribution < -0.4 is 16.2 Å². The zero-order valence-corrected chi connectivity index (χ0v) is 16.6. The van der Waals surface area contributed by atoms with Crippen molar-refractivity contribution in [3.8, 4) is 11.3 Å². The lowest BCUT2D eigenvalue weighted by Gasteiger charge is -2.27. The third kappa shape index (κ3) is 4.47. The van der Waals surface area contributed by atoms with Crippen molar-refractivity contribution in [1.82, 2.24) is 15.3 Å². The Labute approximate surface area is 169 Å². The van der Waals surface area contributed by atoms with Gasteiger partial charge in [-0.25, -0.2) is 4.98 Å². The molecule has 0 saturated heterocycles. The molecule has 4 rings (SSSR count). The summed E-state index contributed by atoms with van der Waals surface area (Å²) in [6, 6.07) is 15.1.